The fraction of sp³-hybridized carbons (Fsp3) is 1.00. The summed E-state index contributed by atoms with van der Waals surface area (Å²) >= 11 is 0. The lowest BCUT2D eigenvalue weighted by molar-refractivity contribution is -0.248. The van der Waals surface area contributed by atoms with Gasteiger partial charge in [-0.05, 0) is 0 Å². The minimum atomic E-state index is -1.35. The van der Waals surface area contributed by atoms with Crippen LogP contribution in [0.3, 0.4) is 0 Å². The van der Waals surface area contributed by atoms with E-state index in [0.717, 1.165) is 0 Å². The molecule has 0 bridgehead atoms. The molecule has 1 aliphatic heterocycles. The van der Waals surface area contributed by atoms with Gasteiger partial charge in [0.25, 0.3) is 0 Å². The average Bonchev–Trinajstić information content (AvgIpc) is 2.08. The SMILES string of the molecule is N[C@H]1[C@@H](O)[C@H](O)C(CO)O[C@H]1O. The van der Waals surface area contributed by atoms with E-state index in [1.807, 2.05) is 0 Å². The third-order valence-electron chi connectivity index (χ3n) is 1.95. The third-order valence-corrected chi connectivity index (χ3v) is 1.95. The molecule has 1 heterocycles. The van der Waals surface area contributed by atoms with Crippen molar-refractivity contribution < 1.29 is 25.2 Å². The van der Waals surface area contributed by atoms with Gasteiger partial charge in [0, 0.05) is 0 Å². The van der Waals surface area contributed by atoms with Gasteiger partial charge in [0.05, 0.1) is 12.6 Å². The highest BCUT2D eigenvalue weighted by atomic mass is 16.6. The molecule has 0 aromatic carbocycles. The highest BCUT2D eigenvalue weighted by Crippen LogP contribution is 2.17. The Balaban J connectivity index is 2.63. The second-order valence-corrected chi connectivity index (χ2v) is 2.81. The molecule has 1 aliphatic rings. The van der Waals surface area contributed by atoms with Crippen molar-refractivity contribution in [3.8, 4) is 0 Å². The van der Waals surface area contributed by atoms with Gasteiger partial charge in [-0.2, -0.15) is 0 Å². The molecule has 1 fully saturated rings. The molecule has 0 aliphatic carbocycles. The molecule has 72 valence electrons. The molecule has 0 aromatic rings. The predicted molar refractivity (Wildman–Crippen MR) is 38.0 cm³/mol. The Hall–Kier alpha value is -0.240. The molecule has 6 N–H and O–H groups in total. The molecule has 6 heteroatoms. The van der Waals surface area contributed by atoms with Crippen molar-refractivity contribution >= 4 is 0 Å². The minimum absolute atomic E-state index is 0.470. The zero-order chi connectivity index (χ0) is 9.30. The Bertz CT molecular complexity index is 150. The summed E-state index contributed by atoms with van der Waals surface area (Å²) in [7, 11) is 0. The van der Waals surface area contributed by atoms with Crippen LogP contribution in [-0.2, 0) is 4.74 Å². The Kier molecular flexibility index (Phi) is 2.99. The van der Waals surface area contributed by atoms with E-state index in [1.165, 1.54) is 0 Å². The normalized spacial score (nSPS) is 49.2. The molecule has 5 atom stereocenters. The summed E-state index contributed by atoms with van der Waals surface area (Å²) in [6.45, 7) is -0.470. The largest absolute Gasteiger partial charge is 0.394 e. The van der Waals surface area contributed by atoms with Crippen molar-refractivity contribution in [2.75, 3.05) is 6.61 Å². The van der Waals surface area contributed by atoms with E-state index in [9.17, 15) is 10.2 Å². The first kappa shape index (κ1) is 9.85. The van der Waals surface area contributed by atoms with Crippen molar-refractivity contribution in [3.63, 3.8) is 0 Å². The van der Waals surface area contributed by atoms with Crippen molar-refractivity contribution in [2.24, 2.45) is 5.73 Å². The second kappa shape index (κ2) is 3.65. The fourth-order valence-electron chi connectivity index (χ4n) is 1.12. The van der Waals surface area contributed by atoms with E-state index in [0.29, 0.717) is 0 Å². The van der Waals surface area contributed by atoms with Crippen molar-refractivity contribution in [2.45, 2.75) is 30.6 Å². The zero-order valence-corrected chi connectivity index (χ0v) is 6.37. The van der Waals surface area contributed by atoms with Crippen LogP contribution >= 0.6 is 0 Å². The molecular weight excluding hydrogens is 166 g/mol. The predicted octanol–water partition coefficient (Wildman–Crippen LogP) is -3.26. The van der Waals surface area contributed by atoms with Gasteiger partial charge in [0.15, 0.2) is 6.29 Å². The molecule has 12 heavy (non-hydrogen) atoms. The molecule has 0 saturated carbocycles. The Morgan fingerprint density at radius 1 is 1.17 bits per heavy atom. The van der Waals surface area contributed by atoms with Gasteiger partial charge in [0.1, 0.15) is 18.3 Å². The number of rotatable bonds is 1. The number of aliphatic hydroxyl groups is 4. The summed E-state index contributed by atoms with van der Waals surface area (Å²) < 4.78 is 4.70. The summed E-state index contributed by atoms with van der Waals surface area (Å²) in [5, 5.41) is 36.1. The topological polar surface area (TPSA) is 116 Å². The first-order valence-corrected chi connectivity index (χ1v) is 3.64. The standard InChI is InChI=1S/C6H13NO5/c7-3-5(10)4(9)2(1-8)12-6(3)11/h2-6,8-11H,1,7H2/t2?,3-,4+,5+,6+/m0/s1. The fourth-order valence-corrected chi connectivity index (χ4v) is 1.12. The van der Waals surface area contributed by atoms with E-state index < -0.39 is 37.3 Å². The van der Waals surface area contributed by atoms with Gasteiger partial charge in [-0.3, -0.25) is 0 Å². The van der Waals surface area contributed by atoms with E-state index in [2.05, 4.69) is 0 Å². The van der Waals surface area contributed by atoms with Crippen molar-refractivity contribution in [3.05, 3.63) is 0 Å². The maximum absolute atomic E-state index is 9.20. The second-order valence-electron chi connectivity index (χ2n) is 2.81. The summed E-state index contributed by atoms with van der Waals surface area (Å²) in [4.78, 5) is 0. The van der Waals surface area contributed by atoms with Gasteiger partial charge in [0.2, 0.25) is 0 Å². The van der Waals surface area contributed by atoms with Crippen LogP contribution < -0.4 is 5.73 Å². The molecular formula is C6H13NO5. The highest BCUT2D eigenvalue weighted by molar-refractivity contribution is 4.90. The number of aliphatic hydroxyl groups excluding tert-OH is 4. The molecule has 0 spiro atoms. The lowest BCUT2D eigenvalue weighted by Gasteiger charge is -2.38. The minimum Gasteiger partial charge on any atom is -0.394 e. The number of ether oxygens (including phenoxy) is 1. The number of nitrogens with two attached hydrogens (primary N) is 1. The van der Waals surface area contributed by atoms with Crippen LogP contribution in [0.4, 0.5) is 0 Å². The van der Waals surface area contributed by atoms with Gasteiger partial charge in [-0.25, -0.2) is 0 Å². The summed E-state index contributed by atoms with van der Waals surface area (Å²) in [6.07, 6.45) is -4.85. The van der Waals surface area contributed by atoms with Crippen molar-refractivity contribution in [1.29, 1.82) is 0 Å². The number of hydrogen-bond donors (Lipinski definition) is 5. The van der Waals surface area contributed by atoms with Crippen LogP contribution in [0.5, 0.6) is 0 Å². The van der Waals surface area contributed by atoms with Crippen LogP contribution in [0.1, 0.15) is 0 Å². The molecule has 1 rings (SSSR count). The Morgan fingerprint density at radius 2 is 1.75 bits per heavy atom. The van der Waals surface area contributed by atoms with Crippen molar-refractivity contribution in [1.82, 2.24) is 0 Å². The zero-order valence-electron chi connectivity index (χ0n) is 6.37. The highest BCUT2D eigenvalue weighted by Gasteiger charge is 2.41. The first-order chi connectivity index (χ1) is 5.57. The van der Waals surface area contributed by atoms with Gasteiger partial charge >= 0.3 is 0 Å². The van der Waals surface area contributed by atoms with Crippen LogP contribution in [0.25, 0.3) is 0 Å². The maximum atomic E-state index is 9.20. The summed E-state index contributed by atoms with van der Waals surface area (Å²) in [6, 6.07) is -1.04. The Labute approximate surface area is 69.2 Å². The number of hydrogen-bond acceptors (Lipinski definition) is 6. The summed E-state index contributed by atoms with van der Waals surface area (Å²) in [5.74, 6) is 0. The molecule has 1 saturated heterocycles. The lowest BCUT2D eigenvalue weighted by Crippen LogP contribution is -2.61. The van der Waals surface area contributed by atoms with Crippen LogP contribution in [-0.4, -0.2) is 57.7 Å². The molecule has 0 aromatic heterocycles. The Morgan fingerprint density at radius 3 is 2.25 bits per heavy atom. The van der Waals surface area contributed by atoms with Gasteiger partial charge in [-0.1, -0.05) is 0 Å². The molecule has 1 unspecified atom stereocenters. The van der Waals surface area contributed by atoms with E-state index in [-0.39, 0.29) is 0 Å². The average molecular weight is 179 g/mol. The monoisotopic (exact) mass is 179 g/mol. The molecule has 0 radical (unpaired) electrons. The maximum Gasteiger partial charge on any atom is 0.173 e. The van der Waals surface area contributed by atoms with Crippen LogP contribution in [0, 0.1) is 0 Å². The molecule has 0 amide bonds. The first-order valence-electron chi connectivity index (χ1n) is 3.64. The van der Waals surface area contributed by atoms with E-state index in [4.69, 9.17) is 20.7 Å². The van der Waals surface area contributed by atoms with E-state index >= 15 is 0 Å². The van der Waals surface area contributed by atoms with Crippen LogP contribution in [0.2, 0.25) is 0 Å². The quantitative estimate of drug-likeness (QED) is 0.288. The van der Waals surface area contributed by atoms with E-state index in [1.54, 1.807) is 0 Å². The smallest absolute Gasteiger partial charge is 0.173 e. The summed E-state index contributed by atoms with van der Waals surface area (Å²) in [5.41, 5.74) is 5.26. The van der Waals surface area contributed by atoms with Gasteiger partial charge < -0.3 is 30.9 Å². The van der Waals surface area contributed by atoms with Gasteiger partial charge in [-0.15, -0.1) is 0 Å². The lowest BCUT2D eigenvalue weighted by atomic mass is 9.98. The molecule has 6 nitrogen and oxygen atoms in total. The third kappa shape index (κ3) is 1.58. The van der Waals surface area contributed by atoms with Crippen LogP contribution in [0.15, 0.2) is 0 Å².